The third-order valence-corrected chi connectivity index (χ3v) is 3.48. The van der Waals surface area contributed by atoms with Crippen molar-refractivity contribution < 1.29 is 9.47 Å². The van der Waals surface area contributed by atoms with E-state index in [-0.39, 0.29) is 5.41 Å². The Morgan fingerprint density at radius 1 is 1.00 bits per heavy atom. The van der Waals surface area contributed by atoms with E-state index >= 15 is 0 Å². The van der Waals surface area contributed by atoms with Crippen molar-refractivity contribution in [2.75, 3.05) is 6.79 Å². The summed E-state index contributed by atoms with van der Waals surface area (Å²) in [5, 5.41) is 0. The molecule has 0 aliphatic carbocycles. The minimum Gasteiger partial charge on any atom is -0.454 e. The van der Waals surface area contributed by atoms with Crippen LogP contribution in [0.4, 0.5) is 0 Å². The van der Waals surface area contributed by atoms with E-state index < -0.39 is 0 Å². The van der Waals surface area contributed by atoms with Crippen molar-refractivity contribution in [1.29, 1.82) is 0 Å². The van der Waals surface area contributed by atoms with Crippen molar-refractivity contribution in [2.45, 2.75) is 33.1 Å². The number of aryl methyl sites for hydroxylation is 1. The molecule has 2 aromatic rings. The number of fused-ring (bicyclic) bond motifs is 1. The smallest absolute Gasteiger partial charge is 0.231 e. The summed E-state index contributed by atoms with van der Waals surface area (Å²) in [6, 6.07) is 10.1. The average molecular weight is 269 g/mol. The van der Waals surface area contributed by atoms with Gasteiger partial charge in [-0.2, -0.15) is 0 Å². The molecule has 2 heterocycles. The maximum atomic E-state index is 5.43. The second-order valence-electron chi connectivity index (χ2n) is 6.18. The van der Waals surface area contributed by atoms with E-state index in [1.165, 1.54) is 5.56 Å². The van der Waals surface area contributed by atoms with Crippen LogP contribution in [-0.2, 0) is 5.41 Å². The number of pyridine rings is 1. The molecule has 3 rings (SSSR count). The molecule has 3 heteroatoms. The van der Waals surface area contributed by atoms with Gasteiger partial charge < -0.3 is 9.47 Å². The fraction of sp³-hybridized carbons (Fsp3) is 0.353. The fourth-order valence-corrected chi connectivity index (χ4v) is 2.50. The SMILES string of the molecule is Cc1ccc(-c2ccc3c(c2)OCO3)nc1C(C)(C)C. The van der Waals surface area contributed by atoms with Crippen molar-refractivity contribution in [2.24, 2.45) is 0 Å². The molecule has 0 unspecified atom stereocenters. The van der Waals surface area contributed by atoms with E-state index in [0.717, 1.165) is 28.5 Å². The molecule has 0 saturated carbocycles. The van der Waals surface area contributed by atoms with Crippen LogP contribution >= 0.6 is 0 Å². The Kier molecular flexibility index (Phi) is 2.93. The van der Waals surface area contributed by atoms with Gasteiger partial charge in [0.15, 0.2) is 11.5 Å². The molecule has 1 aromatic carbocycles. The van der Waals surface area contributed by atoms with Crippen LogP contribution in [0.25, 0.3) is 11.3 Å². The van der Waals surface area contributed by atoms with Gasteiger partial charge in [0, 0.05) is 16.7 Å². The lowest BCUT2D eigenvalue weighted by atomic mass is 9.88. The highest BCUT2D eigenvalue weighted by atomic mass is 16.7. The molecule has 3 nitrogen and oxygen atoms in total. The highest BCUT2D eigenvalue weighted by molar-refractivity contribution is 5.65. The minimum absolute atomic E-state index is 0.0381. The Morgan fingerprint density at radius 3 is 2.50 bits per heavy atom. The molecule has 0 fully saturated rings. The number of hydrogen-bond donors (Lipinski definition) is 0. The number of benzene rings is 1. The number of rotatable bonds is 1. The summed E-state index contributed by atoms with van der Waals surface area (Å²) in [5.74, 6) is 1.60. The predicted molar refractivity (Wildman–Crippen MR) is 79.2 cm³/mol. The molecule has 0 saturated heterocycles. The first-order valence-corrected chi connectivity index (χ1v) is 6.83. The summed E-state index contributed by atoms with van der Waals surface area (Å²) in [4.78, 5) is 4.84. The molecule has 1 aromatic heterocycles. The third kappa shape index (κ3) is 2.24. The molecule has 0 spiro atoms. The van der Waals surface area contributed by atoms with Crippen molar-refractivity contribution in [3.8, 4) is 22.8 Å². The van der Waals surface area contributed by atoms with Gasteiger partial charge in [0.05, 0.1) is 5.69 Å². The zero-order valence-electron chi connectivity index (χ0n) is 12.4. The molecule has 0 atom stereocenters. The maximum absolute atomic E-state index is 5.43. The van der Waals surface area contributed by atoms with Crippen LogP contribution in [0.3, 0.4) is 0 Å². The van der Waals surface area contributed by atoms with E-state index in [9.17, 15) is 0 Å². The van der Waals surface area contributed by atoms with Gasteiger partial charge in [-0.25, -0.2) is 0 Å². The topological polar surface area (TPSA) is 31.4 Å². The molecule has 20 heavy (non-hydrogen) atoms. The Hall–Kier alpha value is -2.03. The van der Waals surface area contributed by atoms with Crippen LogP contribution in [0, 0.1) is 6.92 Å². The van der Waals surface area contributed by atoms with Gasteiger partial charge in [-0.1, -0.05) is 26.8 Å². The normalized spacial score (nSPS) is 13.6. The van der Waals surface area contributed by atoms with Crippen LogP contribution in [0.15, 0.2) is 30.3 Å². The van der Waals surface area contributed by atoms with E-state index in [1.807, 2.05) is 18.2 Å². The summed E-state index contributed by atoms with van der Waals surface area (Å²) < 4.78 is 10.8. The zero-order chi connectivity index (χ0) is 14.3. The number of hydrogen-bond acceptors (Lipinski definition) is 3. The third-order valence-electron chi connectivity index (χ3n) is 3.48. The standard InChI is InChI=1S/C17H19NO2/c1-11-5-7-13(18-16(11)17(2,3)4)12-6-8-14-15(9-12)20-10-19-14/h5-9H,10H2,1-4H3. The lowest BCUT2D eigenvalue weighted by Crippen LogP contribution is -2.15. The molecular formula is C17H19NO2. The Labute approximate surface area is 119 Å². The van der Waals surface area contributed by atoms with Crippen molar-refractivity contribution >= 4 is 0 Å². The molecule has 0 amide bonds. The highest BCUT2D eigenvalue weighted by Gasteiger charge is 2.20. The van der Waals surface area contributed by atoms with Crippen LogP contribution < -0.4 is 9.47 Å². The second kappa shape index (κ2) is 4.51. The first-order chi connectivity index (χ1) is 9.45. The number of aromatic nitrogens is 1. The number of ether oxygens (including phenoxy) is 2. The summed E-state index contributed by atoms with van der Waals surface area (Å²) >= 11 is 0. The second-order valence-corrected chi connectivity index (χ2v) is 6.18. The monoisotopic (exact) mass is 269 g/mol. The van der Waals surface area contributed by atoms with Crippen LogP contribution in [0.1, 0.15) is 32.0 Å². The number of nitrogens with zero attached hydrogens (tertiary/aromatic N) is 1. The highest BCUT2D eigenvalue weighted by Crippen LogP contribution is 2.36. The quantitative estimate of drug-likeness (QED) is 0.781. The van der Waals surface area contributed by atoms with Crippen LogP contribution in [0.5, 0.6) is 11.5 Å². The first kappa shape index (κ1) is 13.0. The van der Waals surface area contributed by atoms with Crippen molar-refractivity contribution in [3.63, 3.8) is 0 Å². The van der Waals surface area contributed by atoms with Gasteiger partial charge in [-0.05, 0) is 36.8 Å². The molecular weight excluding hydrogens is 250 g/mol. The van der Waals surface area contributed by atoms with Crippen LogP contribution in [-0.4, -0.2) is 11.8 Å². The maximum Gasteiger partial charge on any atom is 0.231 e. The molecule has 0 bridgehead atoms. The largest absolute Gasteiger partial charge is 0.454 e. The Balaban J connectivity index is 2.07. The molecule has 0 radical (unpaired) electrons. The van der Waals surface area contributed by atoms with E-state index in [1.54, 1.807) is 0 Å². The summed E-state index contributed by atoms with van der Waals surface area (Å²) in [6.45, 7) is 8.97. The summed E-state index contributed by atoms with van der Waals surface area (Å²) in [6.07, 6.45) is 0. The van der Waals surface area contributed by atoms with E-state index in [2.05, 4.69) is 39.8 Å². The van der Waals surface area contributed by atoms with E-state index in [4.69, 9.17) is 14.5 Å². The van der Waals surface area contributed by atoms with Gasteiger partial charge in [-0.15, -0.1) is 0 Å². The Morgan fingerprint density at radius 2 is 1.75 bits per heavy atom. The van der Waals surface area contributed by atoms with Gasteiger partial charge in [0.1, 0.15) is 0 Å². The lowest BCUT2D eigenvalue weighted by molar-refractivity contribution is 0.174. The van der Waals surface area contributed by atoms with Gasteiger partial charge in [0.25, 0.3) is 0 Å². The molecule has 104 valence electrons. The average Bonchev–Trinajstić information content (AvgIpc) is 2.85. The van der Waals surface area contributed by atoms with Crippen molar-refractivity contribution in [3.05, 3.63) is 41.6 Å². The predicted octanol–water partition coefficient (Wildman–Crippen LogP) is 4.08. The summed E-state index contributed by atoms with van der Waals surface area (Å²) in [5.41, 5.74) is 4.42. The zero-order valence-corrected chi connectivity index (χ0v) is 12.4. The Bertz CT molecular complexity index is 657. The van der Waals surface area contributed by atoms with Gasteiger partial charge in [-0.3, -0.25) is 4.98 Å². The first-order valence-electron chi connectivity index (χ1n) is 6.83. The molecule has 1 aliphatic heterocycles. The fourth-order valence-electron chi connectivity index (χ4n) is 2.50. The van der Waals surface area contributed by atoms with Crippen LogP contribution in [0.2, 0.25) is 0 Å². The summed E-state index contributed by atoms with van der Waals surface area (Å²) in [7, 11) is 0. The van der Waals surface area contributed by atoms with E-state index in [0.29, 0.717) is 6.79 Å². The lowest BCUT2D eigenvalue weighted by Gasteiger charge is -2.21. The molecule has 0 N–H and O–H groups in total. The molecule has 1 aliphatic rings. The van der Waals surface area contributed by atoms with Crippen molar-refractivity contribution in [1.82, 2.24) is 4.98 Å². The van der Waals surface area contributed by atoms with Gasteiger partial charge in [0.2, 0.25) is 6.79 Å². The minimum atomic E-state index is 0.0381. The van der Waals surface area contributed by atoms with Gasteiger partial charge >= 0.3 is 0 Å².